The Bertz CT molecular complexity index is 1300. The fourth-order valence-electron chi connectivity index (χ4n) is 4.70. The highest BCUT2D eigenvalue weighted by molar-refractivity contribution is 6.31. The monoisotopic (exact) mass is 532 g/mol. The highest BCUT2D eigenvalue weighted by Gasteiger charge is 2.28. The molecule has 1 heterocycles. The van der Waals surface area contributed by atoms with Crippen LogP contribution < -0.4 is 10.1 Å². The number of nitriles is 1. The quantitative estimate of drug-likeness (QED) is 0.426. The maximum absolute atomic E-state index is 12.7. The molecule has 2 aromatic carbocycles. The van der Waals surface area contributed by atoms with E-state index in [9.17, 15) is 9.90 Å². The van der Waals surface area contributed by atoms with Crippen molar-refractivity contribution in [2.24, 2.45) is 0 Å². The van der Waals surface area contributed by atoms with Crippen molar-refractivity contribution in [3.63, 3.8) is 0 Å². The molecule has 0 atom stereocenters. The van der Waals surface area contributed by atoms with Crippen molar-refractivity contribution in [3.8, 4) is 23.1 Å². The van der Waals surface area contributed by atoms with E-state index in [1.54, 1.807) is 30.3 Å². The number of benzene rings is 2. The average Bonchev–Trinajstić information content (AvgIpc) is 2.92. The van der Waals surface area contributed by atoms with Crippen LogP contribution >= 0.6 is 11.6 Å². The second kappa shape index (κ2) is 11.9. The highest BCUT2D eigenvalue weighted by Crippen LogP contribution is 2.28. The predicted octanol–water partition coefficient (Wildman–Crippen LogP) is 4.83. The summed E-state index contributed by atoms with van der Waals surface area (Å²) in [6, 6.07) is 18.6. The van der Waals surface area contributed by atoms with Gasteiger partial charge in [0, 0.05) is 17.7 Å². The lowest BCUT2D eigenvalue weighted by Gasteiger charge is -2.31. The van der Waals surface area contributed by atoms with Crippen LogP contribution in [0.2, 0.25) is 5.02 Å². The molecule has 0 saturated heterocycles. The Kier molecular flexibility index (Phi) is 8.18. The van der Waals surface area contributed by atoms with Gasteiger partial charge in [0.15, 0.2) is 5.69 Å². The van der Waals surface area contributed by atoms with Crippen LogP contribution in [0.3, 0.4) is 0 Å². The Balaban J connectivity index is 1.08. The summed E-state index contributed by atoms with van der Waals surface area (Å²) in [5, 5.41) is 30.2. The van der Waals surface area contributed by atoms with E-state index in [-0.39, 0.29) is 36.0 Å². The molecule has 2 aliphatic carbocycles. The van der Waals surface area contributed by atoms with Crippen molar-refractivity contribution in [1.29, 1.82) is 5.26 Å². The van der Waals surface area contributed by atoms with Gasteiger partial charge in [-0.25, -0.2) is 0 Å². The minimum Gasteiger partial charge on any atom is -0.490 e. The van der Waals surface area contributed by atoms with Gasteiger partial charge in [0.1, 0.15) is 11.8 Å². The van der Waals surface area contributed by atoms with E-state index < -0.39 is 0 Å². The van der Waals surface area contributed by atoms with Crippen molar-refractivity contribution in [2.75, 3.05) is 0 Å². The van der Waals surface area contributed by atoms with Crippen molar-refractivity contribution in [3.05, 3.63) is 76.4 Å². The van der Waals surface area contributed by atoms with Gasteiger partial charge in [-0.15, -0.1) is 10.2 Å². The molecule has 196 valence electrons. The number of carbonyl (C=O) groups excluding carboxylic acids is 1. The summed E-state index contributed by atoms with van der Waals surface area (Å²) in [7, 11) is 0. The molecule has 2 saturated carbocycles. The lowest BCUT2D eigenvalue weighted by molar-refractivity contribution is -0.0778. The van der Waals surface area contributed by atoms with Gasteiger partial charge in [0.2, 0.25) is 0 Å². The highest BCUT2D eigenvalue weighted by atomic mass is 35.5. The summed E-state index contributed by atoms with van der Waals surface area (Å²) in [4.78, 5) is 12.7. The van der Waals surface area contributed by atoms with E-state index in [2.05, 4.69) is 15.5 Å². The lowest BCUT2D eigenvalue weighted by Crippen LogP contribution is -2.40. The number of carbonyl (C=O) groups is 1. The first-order chi connectivity index (χ1) is 18.5. The number of nitrogens with zero attached hydrogens (tertiary/aromatic N) is 3. The van der Waals surface area contributed by atoms with Crippen LogP contribution in [0, 0.1) is 11.3 Å². The Hall–Kier alpha value is -3.51. The van der Waals surface area contributed by atoms with Crippen LogP contribution in [0.1, 0.15) is 60.1 Å². The molecule has 2 fully saturated rings. The molecule has 0 spiro atoms. The third kappa shape index (κ3) is 6.48. The van der Waals surface area contributed by atoms with Gasteiger partial charge >= 0.3 is 0 Å². The molecule has 1 amide bonds. The third-order valence-electron chi connectivity index (χ3n) is 7.08. The number of aromatic nitrogens is 2. The van der Waals surface area contributed by atoms with Crippen molar-refractivity contribution < 1.29 is 19.4 Å². The van der Waals surface area contributed by atoms with Crippen LogP contribution in [0.25, 0.3) is 11.3 Å². The van der Waals surface area contributed by atoms with E-state index in [4.69, 9.17) is 26.3 Å². The summed E-state index contributed by atoms with van der Waals surface area (Å²) in [6.45, 7) is 0.514. The molecule has 0 unspecified atom stereocenters. The first-order valence-electron chi connectivity index (χ1n) is 12.9. The number of ether oxygens (including phenoxy) is 2. The third-order valence-corrected chi connectivity index (χ3v) is 7.39. The summed E-state index contributed by atoms with van der Waals surface area (Å²) in [5.74, 6) is 0.412. The van der Waals surface area contributed by atoms with Gasteiger partial charge in [-0.3, -0.25) is 4.79 Å². The van der Waals surface area contributed by atoms with Crippen molar-refractivity contribution in [1.82, 2.24) is 15.5 Å². The number of hydrogen-bond acceptors (Lipinski definition) is 7. The van der Waals surface area contributed by atoms with Gasteiger partial charge in [0.25, 0.3) is 5.91 Å². The maximum Gasteiger partial charge on any atom is 0.272 e. The number of nitrogens with one attached hydrogen (secondary N) is 1. The Labute approximate surface area is 226 Å². The molecule has 8 nitrogen and oxygen atoms in total. The van der Waals surface area contributed by atoms with Gasteiger partial charge in [-0.05, 0) is 68.4 Å². The number of halogens is 1. The molecule has 5 rings (SSSR count). The van der Waals surface area contributed by atoms with Crippen LogP contribution in [-0.2, 0) is 11.3 Å². The van der Waals surface area contributed by atoms with Crippen molar-refractivity contribution >= 4 is 17.5 Å². The molecular formula is C29H29ClN4O4. The molecule has 0 aliphatic heterocycles. The maximum atomic E-state index is 12.7. The summed E-state index contributed by atoms with van der Waals surface area (Å²) in [5.41, 5.74) is 3.37. The smallest absolute Gasteiger partial charge is 0.272 e. The zero-order valence-corrected chi connectivity index (χ0v) is 21.6. The van der Waals surface area contributed by atoms with E-state index in [0.29, 0.717) is 41.5 Å². The normalized spacial score (nSPS) is 22.7. The number of hydrogen-bond donors (Lipinski definition) is 2. The molecule has 9 heteroatoms. The molecule has 38 heavy (non-hydrogen) atoms. The van der Waals surface area contributed by atoms with Crippen LogP contribution in [0.5, 0.6) is 5.75 Å². The number of aliphatic hydroxyl groups is 1. The minimum atomic E-state index is -0.235. The predicted molar refractivity (Wildman–Crippen MR) is 142 cm³/mol. The van der Waals surface area contributed by atoms with E-state index in [1.807, 2.05) is 30.3 Å². The standard InChI is InChI=1S/C29H29ClN4O4/c30-26-15-24(8-5-20(26)16-31)38-23-9-6-21(7-10-23)32-29(36)28-12-11-27(33-34-28)19-3-1-18(2-4-19)17-37-25-13-22(35)14-25/h1-5,8,11-12,15,21-23,25,35H,6-7,9-10,13-14,17H2,(H,32,36). The molecule has 0 radical (unpaired) electrons. The summed E-state index contributed by atoms with van der Waals surface area (Å²) in [6.07, 6.45) is 4.57. The van der Waals surface area contributed by atoms with Gasteiger partial charge in [-0.1, -0.05) is 35.9 Å². The number of aliphatic hydroxyl groups excluding tert-OH is 1. The van der Waals surface area contributed by atoms with E-state index >= 15 is 0 Å². The Morgan fingerprint density at radius 1 is 1.03 bits per heavy atom. The van der Waals surface area contributed by atoms with Gasteiger partial charge in [-0.2, -0.15) is 5.26 Å². The summed E-state index contributed by atoms with van der Waals surface area (Å²) < 4.78 is 11.8. The second-order valence-electron chi connectivity index (χ2n) is 9.88. The zero-order chi connectivity index (χ0) is 26.5. The van der Waals surface area contributed by atoms with Gasteiger partial charge < -0.3 is 19.9 Å². The largest absolute Gasteiger partial charge is 0.490 e. The number of rotatable bonds is 8. The second-order valence-corrected chi connectivity index (χ2v) is 10.3. The molecule has 2 N–H and O–H groups in total. The SMILES string of the molecule is N#Cc1ccc(OC2CCC(NC(=O)c3ccc(-c4ccc(COC5CC(O)C5)cc4)nn3)CC2)cc1Cl. The topological polar surface area (TPSA) is 117 Å². The average molecular weight is 533 g/mol. The molecule has 3 aromatic rings. The first-order valence-corrected chi connectivity index (χ1v) is 13.2. The Morgan fingerprint density at radius 3 is 2.42 bits per heavy atom. The first kappa shape index (κ1) is 26.1. The van der Waals surface area contributed by atoms with Crippen LogP contribution in [0.4, 0.5) is 0 Å². The molecule has 1 aromatic heterocycles. The fraction of sp³-hybridized carbons (Fsp3) is 0.379. The van der Waals surface area contributed by atoms with Crippen LogP contribution in [0.15, 0.2) is 54.6 Å². The number of amides is 1. The van der Waals surface area contributed by atoms with E-state index in [0.717, 1.165) is 36.8 Å². The van der Waals surface area contributed by atoms with Gasteiger partial charge in [0.05, 0.1) is 41.2 Å². The van der Waals surface area contributed by atoms with Crippen LogP contribution in [-0.4, -0.2) is 45.6 Å². The fourth-order valence-corrected chi connectivity index (χ4v) is 4.92. The molecule has 2 aliphatic rings. The van der Waals surface area contributed by atoms with Crippen molar-refractivity contribution in [2.45, 2.75) is 69.5 Å². The Morgan fingerprint density at radius 2 is 1.79 bits per heavy atom. The lowest BCUT2D eigenvalue weighted by atomic mass is 9.92. The minimum absolute atomic E-state index is 0.0373. The molecule has 0 bridgehead atoms. The zero-order valence-electron chi connectivity index (χ0n) is 20.8. The molecular weight excluding hydrogens is 504 g/mol. The van der Waals surface area contributed by atoms with E-state index in [1.165, 1.54) is 0 Å². The summed E-state index contributed by atoms with van der Waals surface area (Å²) >= 11 is 6.10.